The molecule has 5 unspecified atom stereocenters. The van der Waals surface area contributed by atoms with Crippen molar-refractivity contribution in [3.63, 3.8) is 0 Å². The highest BCUT2D eigenvalue weighted by atomic mass is 16.3. The van der Waals surface area contributed by atoms with E-state index in [1.165, 1.54) is 32.1 Å². The molecular formula is C20H32O2. The molecule has 1 N–H and O–H groups in total. The summed E-state index contributed by atoms with van der Waals surface area (Å²) in [6, 6.07) is 0. The summed E-state index contributed by atoms with van der Waals surface area (Å²) in [4.78, 5) is 11.9. The Morgan fingerprint density at radius 1 is 0.955 bits per heavy atom. The minimum atomic E-state index is -0.469. The van der Waals surface area contributed by atoms with Crippen LogP contribution in [0.4, 0.5) is 0 Å². The first-order chi connectivity index (χ1) is 10.3. The maximum atomic E-state index is 11.9. The van der Waals surface area contributed by atoms with Gasteiger partial charge in [-0.15, -0.1) is 0 Å². The van der Waals surface area contributed by atoms with Crippen molar-refractivity contribution in [2.75, 3.05) is 0 Å². The van der Waals surface area contributed by atoms with Crippen LogP contribution in [0.25, 0.3) is 0 Å². The maximum Gasteiger partial charge on any atom is 0.133 e. The van der Waals surface area contributed by atoms with Gasteiger partial charge in [0.25, 0.3) is 0 Å². The molecule has 2 heteroatoms. The molecule has 4 fully saturated rings. The Morgan fingerprint density at radius 2 is 1.68 bits per heavy atom. The molecule has 124 valence electrons. The van der Waals surface area contributed by atoms with Gasteiger partial charge in [0.15, 0.2) is 0 Å². The average Bonchev–Trinajstić information content (AvgIpc) is 2.70. The summed E-state index contributed by atoms with van der Waals surface area (Å²) < 4.78 is 0. The summed E-state index contributed by atoms with van der Waals surface area (Å²) in [6.45, 7) is 6.94. The number of hydrogen-bond acceptors (Lipinski definition) is 2. The molecule has 4 aliphatic carbocycles. The van der Waals surface area contributed by atoms with Gasteiger partial charge in [0.05, 0.1) is 5.60 Å². The topological polar surface area (TPSA) is 37.3 Å². The normalized spacial score (nSPS) is 57.9. The lowest BCUT2D eigenvalue weighted by Gasteiger charge is -2.60. The highest BCUT2D eigenvalue weighted by molar-refractivity contribution is 5.79. The number of aliphatic hydroxyl groups is 1. The third kappa shape index (κ3) is 1.79. The molecule has 0 saturated heterocycles. The van der Waals surface area contributed by atoms with Crippen LogP contribution in [-0.4, -0.2) is 16.5 Å². The summed E-state index contributed by atoms with van der Waals surface area (Å²) in [7, 11) is 0. The second-order valence-corrected chi connectivity index (χ2v) is 9.67. The molecule has 0 spiro atoms. The molecule has 0 aliphatic heterocycles. The molecule has 2 nitrogen and oxygen atoms in total. The van der Waals surface area contributed by atoms with Crippen LogP contribution >= 0.6 is 0 Å². The molecular weight excluding hydrogens is 272 g/mol. The molecule has 0 radical (unpaired) electrons. The lowest BCUT2D eigenvalue weighted by atomic mass is 9.44. The van der Waals surface area contributed by atoms with E-state index in [2.05, 4.69) is 20.8 Å². The molecule has 0 heterocycles. The Labute approximate surface area is 135 Å². The van der Waals surface area contributed by atoms with Gasteiger partial charge in [0.1, 0.15) is 5.78 Å². The van der Waals surface area contributed by atoms with Gasteiger partial charge in [0, 0.05) is 12.8 Å². The fourth-order valence-corrected chi connectivity index (χ4v) is 7.29. The monoisotopic (exact) mass is 304 g/mol. The lowest BCUT2D eigenvalue weighted by molar-refractivity contribution is -0.152. The molecule has 0 bridgehead atoms. The van der Waals surface area contributed by atoms with E-state index in [9.17, 15) is 9.90 Å². The summed E-state index contributed by atoms with van der Waals surface area (Å²) in [5.41, 5.74) is 0.0530. The second-order valence-electron chi connectivity index (χ2n) is 9.67. The van der Waals surface area contributed by atoms with Crippen molar-refractivity contribution < 1.29 is 9.90 Å². The lowest BCUT2D eigenvalue weighted by Crippen LogP contribution is -2.55. The van der Waals surface area contributed by atoms with Gasteiger partial charge in [-0.05, 0) is 86.4 Å². The van der Waals surface area contributed by atoms with Crippen LogP contribution in [0.1, 0.15) is 78.6 Å². The standard InChI is InChI=1S/C20H32O2/c1-18-9-6-14(21)12-13(18)4-5-15-16(18)7-10-19(2)17(15)8-11-20(19,3)22/h13,15-17,22H,4-12H2,1-3H3/t13-,15?,16?,17?,18?,19?,20-/m0/s1. The third-order valence-electron chi connectivity index (χ3n) is 9.04. The molecule has 4 saturated carbocycles. The van der Waals surface area contributed by atoms with E-state index in [1.54, 1.807) is 0 Å². The fraction of sp³-hybridized carbons (Fsp3) is 0.950. The number of carbonyl (C=O) groups excluding carboxylic acids is 1. The molecule has 0 aromatic carbocycles. The molecule has 0 amide bonds. The van der Waals surface area contributed by atoms with Crippen LogP contribution in [0.5, 0.6) is 0 Å². The Balaban J connectivity index is 1.65. The smallest absolute Gasteiger partial charge is 0.133 e. The first-order valence-corrected chi connectivity index (χ1v) is 9.52. The van der Waals surface area contributed by atoms with Crippen LogP contribution in [-0.2, 0) is 4.79 Å². The highest BCUT2D eigenvalue weighted by Gasteiger charge is 2.63. The van der Waals surface area contributed by atoms with E-state index in [4.69, 9.17) is 0 Å². The summed E-state index contributed by atoms with van der Waals surface area (Å²) in [5, 5.41) is 10.9. The van der Waals surface area contributed by atoms with Crippen molar-refractivity contribution in [1.29, 1.82) is 0 Å². The van der Waals surface area contributed by atoms with E-state index in [0.717, 1.165) is 37.5 Å². The third-order valence-corrected chi connectivity index (χ3v) is 9.04. The zero-order valence-electron chi connectivity index (χ0n) is 14.5. The predicted octanol–water partition coefficient (Wildman–Crippen LogP) is 4.35. The number of rotatable bonds is 0. The number of ketones is 1. The van der Waals surface area contributed by atoms with E-state index in [0.29, 0.717) is 23.0 Å². The van der Waals surface area contributed by atoms with Gasteiger partial charge in [-0.1, -0.05) is 13.8 Å². The highest BCUT2D eigenvalue weighted by Crippen LogP contribution is 2.67. The minimum absolute atomic E-state index is 0.127. The summed E-state index contributed by atoms with van der Waals surface area (Å²) in [5.74, 6) is 3.44. The van der Waals surface area contributed by atoms with Gasteiger partial charge in [-0.2, -0.15) is 0 Å². The van der Waals surface area contributed by atoms with Crippen molar-refractivity contribution in [1.82, 2.24) is 0 Å². The fourth-order valence-electron chi connectivity index (χ4n) is 7.29. The van der Waals surface area contributed by atoms with Crippen molar-refractivity contribution in [2.24, 2.45) is 34.5 Å². The zero-order valence-corrected chi connectivity index (χ0v) is 14.5. The van der Waals surface area contributed by atoms with Gasteiger partial charge in [-0.3, -0.25) is 4.79 Å². The Kier molecular flexibility index (Phi) is 3.16. The molecule has 4 aliphatic rings. The summed E-state index contributed by atoms with van der Waals surface area (Å²) in [6.07, 6.45) is 9.98. The van der Waals surface area contributed by atoms with Crippen molar-refractivity contribution >= 4 is 5.78 Å². The number of hydrogen-bond donors (Lipinski definition) is 1. The van der Waals surface area contributed by atoms with Gasteiger partial charge < -0.3 is 5.11 Å². The van der Waals surface area contributed by atoms with E-state index in [-0.39, 0.29) is 5.41 Å². The van der Waals surface area contributed by atoms with E-state index in [1.807, 2.05) is 0 Å². The van der Waals surface area contributed by atoms with Crippen molar-refractivity contribution in [3.8, 4) is 0 Å². The molecule has 0 aromatic heterocycles. The van der Waals surface area contributed by atoms with Crippen LogP contribution in [0.2, 0.25) is 0 Å². The van der Waals surface area contributed by atoms with Crippen LogP contribution in [0.15, 0.2) is 0 Å². The Bertz CT molecular complexity index is 496. The predicted molar refractivity (Wildman–Crippen MR) is 87.4 cm³/mol. The molecule has 4 rings (SSSR count). The largest absolute Gasteiger partial charge is 0.390 e. The van der Waals surface area contributed by atoms with Crippen LogP contribution in [0, 0.1) is 34.5 Å². The number of Topliss-reactive ketones (excluding diaryl/α,β-unsaturated/α-hetero) is 1. The zero-order chi connectivity index (χ0) is 15.8. The van der Waals surface area contributed by atoms with Crippen molar-refractivity contribution in [3.05, 3.63) is 0 Å². The Morgan fingerprint density at radius 3 is 2.45 bits per heavy atom. The van der Waals surface area contributed by atoms with Gasteiger partial charge >= 0.3 is 0 Å². The minimum Gasteiger partial charge on any atom is -0.390 e. The second kappa shape index (κ2) is 4.59. The molecule has 0 aromatic rings. The van der Waals surface area contributed by atoms with Crippen molar-refractivity contribution in [2.45, 2.75) is 84.2 Å². The van der Waals surface area contributed by atoms with Gasteiger partial charge in [-0.25, -0.2) is 0 Å². The SMILES string of the molecule is CC12CCC(=O)C[C@@H]1CCC1C2CCC2(C)C1CC[C@]2(C)O. The quantitative estimate of drug-likeness (QED) is 0.722. The Hall–Kier alpha value is -0.370. The number of fused-ring (bicyclic) bond motifs is 5. The first-order valence-electron chi connectivity index (χ1n) is 9.52. The maximum absolute atomic E-state index is 11.9. The van der Waals surface area contributed by atoms with Crippen LogP contribution < -0.4 is 0 Å². The van der Waals surface area contributed by atoms with Gasteiger partial charge in [0.2, 0.25) is 0 Å². The molecule has 7 atom stereocenters. The summed E-state index contributed by atoms with van der Waals surface area (Å²) >= 11 is 0. The van der Waals surface area contributed by atoms with E-state index < -0.39 is 5.60 Å². The van der Waals surface area contributed by atoms with E-state index >= 15 is 0 Å². The van der Waals surface area contributed by atoms with Crippen LogP contribution in [0.3, 0.4) is 0 Å². The number of carbonyl (C=O) groups is 1. The average molecular weight is 304 g/mol. The first kappa shape index (κ1) is 15.2. The molecule has 22 heavy (non-hydrogen) atoms.